The van der Waals surface area contributed by atoms with Gasteiger partial charge in [0.1, 0.15) is 10.7 Å². The van der Waals surface area contributed by atoms with Crippen LogP contribution in [-0.4, -0.2) is 29.3 Å². The van der Waals surface area contributed by atoms with Gasteiger partial charge in [-0.15, -0.1) is 5.10 Å². The summed E-state index contributed by atoms with van der Waals surface area (Å²) in [6, 6.07) is 11.6. The van der Waals surface area contributed by atoms with E-state index in [0.717, 1.165) is 11.8 Å². The first-order valence-electron chi connectivity index (χ1n) is 6.84. The summed E-state index contributed by atoms with van der Waals surface area (Å²) in [4.78, 5) is 10.6. The molecule has 0 saturated carbocycles. The number of para-hydroxylation sites is 1. The molecule has 24 heavy (non-hydrogen) atoms. The minimum Gasteiger partial charge on any atom is -0.475 e. The van der Waals surface area contributed by atoms with Crippen molar-refractivity contribution >= 4 is 21.8 Å². The van der Waals surface area contributed by atoms with Crippen molar-refractivity contribution in [2.45, 2.75) is 11.8 Å². The molecule has 0 aliphatic rings. The number of carboxylic acids is 1. The molecule has 0 radical (unpaired) electrons. The molecule has 3 aromatic rings. The average Bonchev–Trinajstić information content (AvgIpc) is 3.15. The van der Waals surface area contributed by atoms with Crippen LogP contribution in [0.15, 0.2) is 58.0 Å². The summed E-state index contributed by atoms with van der Waals surface area (Å²) in [6.07, 6.45) is 1.61. The molecule has 1 aromatic carbocycles. The molecular formula is C15H13N3O5S. The van der Waals surface area contributed by atoms with Gasteiger partial charge in [-0.2, -0.15) is 0 Å². The van der Waals surface area contributed by atoms with E-state index in [1.54, 1.807) is 6.20 Å². The molecule has 124 valence electrons. The third kappa shape index (κ3) is 3.01. The van der Waals surface area contributed by atoms with E-state index in [1.165, 1.54) is 17.7 Å². The van der Waals surface area contributed by atoms with Crippen LogP contribution in [-0.2, 0) is 10.0 Å². The van der Waals surface area contributed by atoms with Gasteiger partial charge in [0.15, 0.2) is 5.82 Å². The van der Waals surface area contributed by atoms with Crippen LogP contribution in [0, 0.1) is 6.92 Å². The molecule has 0 aliphatic heterocycles. The number of hydrogen-bond acceptors (Lipinski definition) is 5. The molecule has 2 N–H and O–H groups in total. The maximum absolute atomic E-state index is 12.4. The van der Waals surface area contributed by atoms with E-state index < -0.39 is 21.8 Å². The third-order valence-corrected chi connectivity index (χ3v) is 4.68. The molecule has 3 rings (SSSR count). The number of nitrogens with one attached hydrogen (secondary N) is 1. The Morgan fingerprint density at radius 3 is 2.58 bits per heavy atom. The van der Waals surface area contributed by atoms with Crippen molar-refractivity contribution in [1.29, 1.82) is 0 Å². The van der Waals surface area contributed by atoms with E-state index >= 15 is 0 Å². The minimum atomic E-state index is -4.01. The molecule has 0 aliphatic carbocycles. The Kier molecular flexibility index (Phi) is 3.86. The second-order valence-electron chi connectivity index (χ2n) is 4.92. The summed E-state index contributed by atoms with van der Waals surface area (Å²) < 4.78 is 33.5. The summed E-state index contributed by atoms with van der Waals surface area (Å²) in [7, 11) is -4.01. The van der Waals surface area contributed by atoms with Crippen molar-refractivity contribution in [3.63, 3.8) is 0 Å². The number of aromatic carboxylic acids is 1. The van der Waals surface area contributed by atoms with Crippen LogP contribution in [0.2, 0.25) is 0 Å². The van der Waals surface area contributed by atoms with Crippen LogP contribution >= 0.6 is 0 Å². The number of nitrogens with zero attached hydrogens (tertiary/aromatic N) is 2. The molecule has 0 fully saturated rings. The minimum absolute atomic E-state index is 0.0117. The van der Waals surface area contributed by atoms with Crippen LogP contribution in [0.4, 0.5) is 5.82 Å². The molecule has 9 heteroatoms. The first-order chi connectivity index (χ1) is 11.4. The van der Waals surface area contributed by atoms with Crippen molar-refractivity contribution in [3.05, 3.63) is 60.2 Å². The lowest BCUT2D eigenvalue weighted by Crippen LogP contribution is -2.14. The van der Waals surface area contributed by atoms with Crippen LogP contribution in [0.25, 0.3) is 5.69 Å². The maximum atomic E-state index is 12.4. The number of carbonyl (C=O) groups is 1. The number of aryl methyl sites for hydroxylation is 1. The normalized spacial score (nSPS) is 11.4. The predicted molar refractivity (Wildman–Crippen MR) is 84.8 cm³/mol. The first-order valence-corrected chi connectivity index (χ1v) is 8.33. The Labute approximate surface area is 137 Å². The first kappa shape index (κ1) is 15.8. The summed E-state index contributed by atoms with van der Waals surface area (Å²) >= 11 is 0. The zero-order chi connectivity index (χ0) is 17.3. The average molecular weight is 347 g/mol. The van der Waals surface area contributed by atoms with Gasteiger partial charge in [-0.3, -0.25) is 4.72 Å². The summed E-state index contributed by atoms with van der Waals surface area (Å²) in [5.41, 5.74) is 0.774. The standard InChI is InChI=1S/C15H13N3O5S/c1-10-13(9-12(23-10)15(19)20)24(21,22)17-14-7-8-18(16-14)11-5-3-2-4-6-11/h2-9H,1H3,(H,16,17)(H,19,20). The highest BCUT2D eigenvalue weighted by atomic mass is 32.2. The van der Waals surface area contributed by atoms with Gasteiger partial charge in [0.2, 0.25) is 5.76 Å². The largest absolute Gasteiger partial charge is 0.475 e. The van der Waals surface area contributed by atoms with Gasteiger partial charge in [-0.25, -0.2) is 17.9 Å². The smallest absolute Gasteiger partial charge is 0.371 e. The Morgan fingerprint density at radius 1 is 1.25 bits per heavy atom. The van der Waals surface area contributed by atoms with E-state index in [0.29, 0.717) is 0 Å². The molecule has 8 nitrogen and oxygen atoms in total. The SMILES string of the molecule is Cc1oc(C(=O)O)cc1S(=O)(=O)Nc1ccn(-c2ccccc2)n1. The fourth-order valence-electron chi connectivity index (χ4n) is 2.13. The lowest BCUT2D eigenvalue weighted by atomic mass is 10.3. The van der Waals surface area contributed by atoms with Crippen LogP contribution in [0.3, 0.4) is 0 Å². The highest BCUT2D eigenvalue weighted by Gasteiger charge is 2.24. The second-order valence-corrected chi connectivity index (χ2v) is 6.57. The van der Waals surface area contributed by atoms with Crippen LogP contribution in [0.5, 0.6) is 0 Å². The van der Waals surface area contributed by atoms with E-state index in [1.807, 2.05) is 30.3 Å². The summed E-state index contributed by atoms with van der Waals surface area (Å²) in [5, 5.41) is 13.0. The summed E-state index contributed by atoms with van der Waals surface area (Å²) in [6.45, 7) is 1.38. The number of hydrogen-bond donors (Lipinski definition) is 2. The highest BCUT2D eigenvalue weighted by molar-refractivity contribution is 7.92. The van der Waals surface area contributed by atoms with E-state index in [2.05, 4.69) is 9.82 Å². The zero-order valence-electron chi connectivity index (χ0n) is 12.5. The molecule has 2 heterocycles. The van der Waals surface area contributed by atoms with Gasteiger partial charge in [-0.1, -0.05) is 18.2 Å². The molecular weight excluding hydrogens is 334 g/mol. The van der Waals surface area contributed by atoms with Gasteiger partial charge in [0.25, 0.3) is 10.0 Å². The summed E-state index contributed by atoms with van der Waals surface area (Å²) in [5.74, 6) is -1.69. The van der Waals surface area contributed by atoms with Gasteiger partial charge >= 0.3 is 5.97 Å². The number of anilines is 1. The molecule has 2 aromatic heterocycles. The predicted octanol–water partition coefficient (Wildman–Crippen LogP) is 2.27. The number of aromatic nitrogens is 2. The van der Waals surface area contributed by atoms with E-state index in [9.17, 15) is 13.2 Å². The highest BCUT2D eigenvalue weighted by Crippen LogP contribution is 2.22. The van der Waals surface area contributed by atoms with Crippen molar-refractivity contribution in [2.24, 2.45) is 0 Å². The van der Waals surface area contributed by atoms with Crippen molar-refractivity contribution in [3.8, 4) is 5.69 Å². The van der Waals surface area contributed by atoms with Crippen LogP contribution < -0.4 is 4.72 Å². The molecule has 0 spiro atoms. The Morgan fingerprint density at radius 2 is 1.96 bits per heavy atom. The number of furan rings is 1. The van der Waals surface area contributed by atoms with Crippen molar-refractivity contribution < 1.29 is 22.7 Å². The molecule has 0 bridgehead atoms. The number of benzene rings is 1. The monoisotopic (exact) mass is 347 g/mol. The third-order valence-electron chi connectivity index (χ3n) is 3.22. The zero-order valence-corrected chi connectivity index (χ0v) is 13.3. The van der Waals surface area contributed by atoms with Gasteiger partial charge in [0.05, 0.1) is 5.69 Å². The maximum Gasteiger partial charge on any atom is 0.371 e. The van der Waals surface area contributed by atoms with E-state index in [-0.39, 0.29) is 16.5 Å². The molecule has 0 unspecified atom stereocenters. The Bertz CT molecular complexity index is 989. The lowest BCUT2D eigenvalue weighted by Gasteiger charge is -2.04. The lowest BCUT2D eigenvalue weighted by molar-refractivity contribution is 0.0661. The number of sulfonamides is 1. The quantitative estimate of drug-likeness (QED) is 0.732. The number of carboxylic acid groups (broad SMARTS) is 1. The second kappa shape index (κ2) is 5.85. The van der Waals surface area contributed by atoms with Crippen LogP contribution in [0.1, 0.15) is 16.3 Å². The molecule has 0 atom stereocenters. The van der Waals surface area contributed by atoms with Crippen molar-refractivity contribution in [2.75, 3.05) is 4.72 Å². The van der Waals surface area contributed by atoms with Crippen molar-refractivity contribution in [1.82, 2.24) is 9.78 Å². The Hall–Kier alpha value is -3.07. The van der Waals surface area contributed by atoms with E-state index in [4.69, 9.17) is 9.52 Å². The van der Waals surface area contributed by atoms with Gasteiger partial charge in [-0.05, 0) is 19.1 Å². The fourth-order valence-corrected chi connectivity index (χ4v) is 3.31. The van der Waals surface area contributed by atoms with Gasteiger partial charge in [0, 0.05) is 18.3 Å². The topological polar surface area (TPSA) is 114 Å². The molecule has 0 amide bonds. The fraction of sp³-hybridized carbons (Fsp3) is 0.0667. The number of rotatable bonds is 5. The van der Waals surface area contributed by atoms with Gasteiger partial charge < -0.3 is 9.52 Å². The molecule has 0 saturated heterocycles. The Balaban J connectivity index is 1.88.